The molecule has 1 aromatic rings. The minimum absolute atomic E-state index is 0.287. The summed E-state index contributed by atoms with van der Waals surface area (Å²) >= 11 is 0. The molecule has 0 heterocycles. The SMILES string of the molecule is NCCOCCC(C(=O)O)C(N)OCc1ccccc1. The second kappa shape index (κ2) is 9.44. The monoisotopic (exact) mass is 282 g/mol. The quantitative estimate of drug-likeness (QED) is 0.427. The van der Waals surface area contributed by atoms with Gasteiger partial charge in [0.25, 0.3) is 0 Å². The van der Waals surface area contributed by atoms with Crippen LogP contribution in [0, 0.1) is 5.92 Å². The fourth-order valence-electron chi connectivity index (χ4n) is 1.71. The van der Waals surface area contributed by atoms with Gasteiger partial charge in [-0.05, 0) is 12.0 Å². The number of carbonyl (C=O) groups is 1. The Morgan fingerprint density at radius 2 is 1.95 bits per heavy atom. The number of hydrogen-bond acceptors (Lipinski definition) is 5. The first kappa shape index (κ1) is 16.6. The molecule has 0 saturated heterocycles. The zero-order valence-electron chi connectivity index (χ0n) is 11.4. The number of carboxylic acid groups (broad SMARTS) is 1. The van der Waals surface area contributed by atoms with Crippen molar-refractivity contribution < 1.29 is 19.4 Å². The van der Waals surface area contributed by atoms with E-state index in [9.17, 15) is 4.79 Å². The van der Waals surface area contributed by atoms with E-state index in [2.05, 4.69) is 0 Å². The van der Waals surface area contributed by atoms with Crippen molar-refractivity contribution in [2.45, 2.75) is 19.3 Å². The lowest BCUT2D eigenvalue weighted by Gasteiger charge is -2.20. The maximum atomic E-state index is 11.2. The van der Waals surface area contributed by atoms with Gasteiger partial charge in [0.1, 0.15) is 6.23 Å². The van der Waals surface area contributed by atoms with Gasteiger partial charge in [0.15, 0.2) is 0 Å². The molecular weight excluding hydrogens is 260 g/mol. The van der Waals surface area contributed by atoms with Gasteiger partial charge in [0.2, 0.25) is 0 Å². The normalized spacial score (nSPS) is 13.9. The van der Waals surface area contributed by atoms with Crippen molar-refractivity contribution in [3.05, 3.63) is 35.9 Å². The van der Waals surface area contributed by atoms with E-state index < -0.39 is 18.1 Å². The van der Waals surface area contributed by atoms with Crippen LogP contribution in [0.25, 0.3) is 0 Å². The molecule has 0 aliphatic carbocycles. The van der Waals surface area contributed by atoms with Crippen molar-refractivity contribution in [3.8, 4) is 0 Å². The zero-order chi connectivity index (χ0) is 14.8. The van der Waals surface area contributed by atoms with Crippen LogP contribution < -0.4 is 11.5 Å². The third kappa shape index (κ3) is 6.12. The highest BCUT2D eigenvalue weighted by Crippen LogP contribution is 2.12. The molecule has 0 radical (unpaired) electrons. The molecule has 1 rings (SSSR count). The lowest BCUT2D eigenvalue weighted by Crippen LogP contribution is -2.38. The standard InChI is InChI=1S/C14H22N2O4/c15-7-9-19-8-6-12(14(17)18)13(16)20-10-11-4-2-1-3-5-11/h1-5,12-13H,6-10,15-16H2,(H,17,18). The second-order valence-electron chi connectivity index (χ2n) is 4.40. The molecule has 0 aliphatic heterocycles. The molecule has 2 unspecified atom stereocenters. The van der Waals surface area contributed by atoms with E-state index in [-0.39, 0.29) is 6.61 Å². The number of carboxylic acids is 1. The topological polar surface area (TPSA) is 108 Å². The third-order valence-electron chi connectivity index (χ3n) is 2.83. The Morgan fingerprint density at radius 1 is 1.25 bits per heavy atom. The van der Waals surface area contributed by atoms with Crippen LogP contribution in [0.15, 0.2) is 30.3 Å². The van der Waals surface area contributed by atoms with Crippen LogP contribution in [0.4, 0.5) is 0 Å². The minimum atomic E-state index is -0.984. The molecule has 1 aromatic carbocycles. The van der Waals surface area contributed by atoms with E-state index in [4.69, 9.17) is 26.0 Å². The van der Waals surface area contributed by atoms with Crippen LogP contribution in [0.5, 0.6) is 0 Å². The molecular formula is C14H22N2O4. The van der Waals surface area contributed by atoms with Gasteiger partial charge >= 0.3 is 5.97 Å². The van der Waals surface area contributed by atoms with Crippen LogP contribution in [0.2, 0.25) is 0 Å². The molecule has 2 atom stereocenters. The summed E-state index contributed by atoms with van der Waals surface area (Å²) in [7, 11) is 0. The molecule has 112 valence electrons. The van der Waals surface area contributed by atoms with Crippen molar-refractivity contribution in [2.24, 2.45) is 17.4 Å². The van der Waals surface area contributed by atoms with Crippen LogP contribution in [-0.4, -0.2) is 37.1 Å². The summed E-state index contributed by atoms with van der Waals surface area (Å²) in [4.78, 5) is 11.2. The number of ether oxygens (including phenoxy) is 2. The molecule has 5 N–H and O–H groups in total. The number of benzene rings is 1. The second-order valence-corrected chi connectivity index (χ2v) is 4.40. The van der Waals surface area contributed by atoms with Gasteiger partial charge in [-0.2, -0.15) is 0 Å². The average Bonchev–Trinajstić information content (AvgIpc) is 2.45. The van der Waals surface area contributed by atoms with Crippen LogP contribution in [0.3, 0.4) is 0 Å². The molecule has 0 aliphatic rings. The van der Waals surface area contributed by atoms with Crippen LogP contribution >= 0.6 is 0 Å². The van der Waals surface area contributed by atoms with Crippen molar-refractivity contribution in [1.29, 1.82) is 0 Å². The lowest BCUT2D eigenvalue weighted by atomic mass is 10.0. The van der Waals surface area contributed by atoms with E-state index in [1.54, 1.807) is 0 Å². The third-order valence-corrected chi connectivity index (χ3v) is 2.83. The highest BCUT2D eigenvalue weighted by molar-refractivity contribution is 5.70. The van der Waals surface area contributed by atoms with Gasteiger partial charge in [-0.15, -0.1) is 0 Å². The minimum Gasteiger partial charge on any atom is -0.481 e. The summed E-state index contributed by atoms with van der Waals surface area (Å²) in [5, 5.41) is 9.16. The molecule has 6 nitrogen and oxygen atoms in total. The lowest BCUT2D eigenvalue weighted by molar-refractivity contribution is -0.149. The van der Waals surface area contributed by atoms with Gasteiger partial charge in [-0.25, -0.2) is 0 Å². The summed E-state index contributed by atoms with van der Waals surface area (Å²) in [5.41, 5.74) is 12.0. The summed E-state index contributed by atoms with van der Waals surface area (Å²) in [5.74, 6) is -1.78. The van der Waals surface area contributed by atoms with Gasteiger partial charge in [-0.3, -0.25) is 4.79 Å². The van der Waals surface area contributed by atoms with E-state index in [0.29, 0.717) is 26.2 Å². The molecule has 0 bridgehead atoms. The van der Waals surface area contributed by atoms with E-state index in [1.807, 2.05) is 30.3 Å². The molecule has 0 aromatic heterocycles. The smallest absolute Gasteiger partial charge is 0.310 e. The molecule has 0 spiro atoms. The number of hydrogen-bond donors (Lipinski definition) is 3. The van der Waals surface area contributed by atoms with Crippen molar-refractivity contribution in [2.75, 3.05) is 19.8 Å². The maximum Gasteiger partial charge on any atom is 0.310 e. The molecule has 0 fully saturated rings. The van der Waals surface area contributed by atoms with E-state index in [1.165, 1.54) is 0 Å². The summed E-state index contributed by atoms with van der Waals surface area (Å²) in [6.07, 6.45) is -0.570. The Morgan fingerprint density at radius 3 is 2.55 bits per heavy atom. The summed E-state index contributed by atoms with van der Waals surface area (Å²) in [6.45, 7) is 1.41. The number of nitrogens with two attached hydrogens (primary N) is 2. The molecule has 0 amide bonds. The Bertz CT molecular complexity index is 386. The average molecular weight is 282 g/mol. The first-order valence-corrected chi connectivity index (χ1v) is 6.57. The predicted octanol–water partition coefficient (Wildman–Crippen LogP) is 0.554. The molecule has 0 saturated carbocycles. The van der Waals surface area contributed by atoms with E-state index >= 15 is 0 Å². The van der Waals surface area contributed by atoms with Crippen LogP contribution in [0.1, 0.15) is 12.0 Å². The Labute approximate surface area is 118 Å². The van der Waals surface area contributed by atoms with Crippen molar-refractivity contribution >= 4 is 5.97 Å². The summed E-state index contributed by atoms with van der Waals surface area (Å²) in [6, 6.07) is 9.47. The highest BCUT2D eigenvalue weighted by atomic mass is 16.5. The van der Waals surface area contributed by atoms with Crippen molar-refractivity contribution in [3.63, 3.8) is 0 Å². The Balaban J connectivity index is 2.39. The van der Waals surface area contributed by atoms with Gasteiger partial charge in [0, 0.05) is 13.2 Å². The zero-order valence-corrected chi connectivity index (χ0v) is 11.4. The number of rotatable bonds is 10. The Hall–Kier alpha value is -1.47. The first-order valence-electron chi connectivity index (χ1n) is 6.57. The van der Waals surface area contributed by atoms with Gasteiger partial charge in [-0.1, -0.05) is 30.3 Å². The predicted molar refractivity (Wildman–Crippen MR) is 74.8 cm³/mol. The Kier molecular flexibility index (Phi) is 7.82. The van der Waals surface area contributed by atoms with E-state index in [0.717, 1.165) is 5.56 Å². The van der Waals surface area contributed by atoms with Crippen molar-refractivity contribution in [1.82, 2.24) is 0 Å². The maximum absolute atomic E-state index is 11.2. The number of aliphatic carboxylic acids is 1. The van der Waals surface area contributed by atoms with Crippen LogP contribution in [-0.2, 0) is 20.9 Å². The molecule has 6 heteroatoms. The van der Waals surface area contributed by atoms with Gasteiger partial charge in [0.05, 0.1) is 19.1 Å². The summed E-state index contributed by atoms with van der Waals surface area (Å²) < 4.78 is 10.6. The van der Waals surface area contributed by atoms with Gasteiger partial charge < -0.3 is 26.0 Å². The fourth-order valence-corrected chi connectivity index (χ4v) is 1.71. The first-order chi connectivity index (χ1) is 9.65. The fraction of sp³-hybridized carbons (Fsp3) is 0.500. The molecule has 20 heavy (non-hydrogen) atoms. The largest absolute Gasteiger partial charge is 0.481 e. The highest BCUT2D eigenvalue weighted by Gasteiger charge is 2.25.